The van der Waals surface area contributed by atoms with Crippen LogP contribution < -0.4 is 0 Å². The van der Waals surface area contributed by atoms with Gasteiger partial charge < -0.3 is 9.84 Å². The largest absolute Gasteiger partial charge is 0.452 e. The van der Waals surface area contributed by atoms with Crippen molar-refractivity contribution in [1.82, 2.24) is 0 Å². The van der Waals surface area contributed by atoms with Crippen molar-refractivity contribution < 1.29 is 14.6 Å². The fraction of sp³-hybridized carbons (Fsp3) is 0.375. The Hall–Kier alpha value is -1.09. The monoisotopic (exact) mass is 154 g/mol. The van der Waals surface area contributed by atoms with Gasteiger partial charge in [0.1, 0.15) is 12.2 Å². The van der Waals surface area contributed by atoms with Crippen molar-refractivity contribution in [3.05, 3.63) is 24.3 Å². The lowest BCUT2D eigenvalue weighted by molar-refractivity contribution is -0.146. The van der Waals surface area contributed by atoms with E-state index in [9.17, 15) is 9.90 Å². The van der Waals surface area contributed by atoms with Crippen molar-refractivity contribution in [1.29, 1.82) is 0 Å². The first-order chi connectivity index (χ1) is 5.24. The normalized spacial score (nSPS) is 30.9. The molecule has 0 radical (unpaired) electrons. The number of cyclic esters (lactones) is 1. The molecule has 0 saturated carbocycles. The highest BCUT2D eigenvalue weighted by Crippen LogP contribution is 2.09. The summed E-state index contributed by atoms with van der Waals surface area (Å²) in [5.41, 5.74) is 0. The van der Waals surface area contributed by atoms with Crippen molar-refractivity contribution >= 4 is 5.97 Å². The number of esters is 1. The molecule has 0 fully saturated rings. The van der Waals surface area contributed by atoms with Crippen LogP contribution in [-0.4, -0.2) is 23.3 Å². The lowest BCUT2D eigenvalue weighted by atomic mass is 10.1. The lowest BCUT2D eigenvalue weighted by Gasteiger charge is -2.20. The summed E-state index contributed by atoms with van der Waals surface area (Å²) in [5.74, 6) is -0.404. The van der Waals surface area contributed by atoms with Crippen LogP contribution in [0.3, 0.4) is 0 Å². The van der Waals surface area contributed by atoms with Gasteiger partial charge in [-0.1, -0.05) is 6.08 Å². The number of rotatable bonds is 1. The fourth-order valence-electron chi connectivity index (χ4n) is 0.873. The molecule has 0 aromatic rings. The van der Waals surface area contributed by atoms with Crippen LogP contribution in [-0.2, 0) is 9.53 Å². The molecule has 3 nitrogen and oxygen atoms in total. The minimum absolute atomic E-state index is 0.404. The molecule has 0 aliphatic carbocycles. The molecule has 0 amide bonds. The Bertz CT molecular complexity index is 205. The van der Waals surface area contributed by atoms with E-state index in [1.54, 1.807) is 19.1 Å². The first kappa shape index (κ1) is 8.01. The second kappa shape index (κ2) is 3.34. The van der Waals surface area contributed by atoms with Crippen LogP contribution in [0.5, 0.6) is 0 Å². The third-order valence-corrected chi connectivity index (χ3v) is 1.40. The summed E-state index contributed by atoms with van der Waals surface area (Å²) in [6.45, 7) is 1.80. The molecule has 0 spiro atoms. The molecule has 1 N–H and O–H groups in total. The molecule has 0 saturated heterocycles. The van der Waals surface area contributed by atoms with Gasteiger partial charge in [-0.05, 0) is 19.1 Å². The van der Waals surface area contributed by atoms with Gasteiger partial charge in [0.2, 0.25) is 0 Å². The Labute approximate surface area is 65.0 Å². The van der Waals surface area contributed by atoms with E-state index in [0.717, 1.165) is 0 Å². The lowest BCUT2D eigenvalue weighted by Crippen LogP contribution is -2.31. The number of carbonyl (C=O) groups excluding carboxylic acids is 1. The Morgan fingerprint density at radius 2 is 2.45 bits per heavy atom. The molecule has 11 heavy (non-hydrogen) atoms. The van der Waals surface area contributed by atoms with Crippen LogP contribution >= 0.6 is 0 Å². The summed E-state index contributed by atoms with van der Waals surface area (Å²) in [6, 6.07) is 0. The maximum absolute atomic E-state index is 10.6. The quantitative estimate of drug-likeness (QED) is 0.439. The van der Waals surface area contributed by atoms with Gasteiger partial charge in [0, 0.05) is 6.08 Å². The Morgan fingerprint density at radius 3 is 3.09 bits per heavy atom. The van der Waals surface area contributed by atoms with Gasteiger partial charge in [0.15, 0.2) is 0 Å². The summed E-state index contributed by atoms with van der Waals surface area (Å²) in [4.78, 5) is 10.6. The fourth-order valence-corrected chi connectivity index (χ4v) is 0.873. The molecule has 1 heterocycles. The van der Waals surface area contributed by atoms with Crippen LogP contribution in [0.25, 0.3) is 0 Å². The maximum Gasteiger partial charge on any atom is 0.331 e. The zero-order valence-corrected chi connectivity index (χ0v) is 6.23. The Kier molecular flexibility index (Phi) is 2.44. The van der Waals surface area contributed by atoms with E-state index in [0.29, 0.717) is 0 Å². The third kappa shape index (κ3) is 1.91. The summed E-state index contributed by atoms with van der Waals surface area (Å²) in [6.07, 6.45) is 4.81. The molecule has 1 aliphatic rings. The number of allylic oxidation sites excluding steroid dienone is 1. The van der Waals surface area contributed by atoms with Crippen molar-refractivity contribution in [2.24, 2.45) is 0 Å². The van der Waals surface area contributed by atoms with Crippen molar-refractivity contribution in [2.75, 3.05) is 0 Å². The summed E-state index contributed by atoms with van der Waals surface area (Å²) in [7, 11) is 0. The molecule has 0 bridgehead atoms. The number of carbonyl (C=O) groups is 1. The van der Waals surface area contributed by atoms with Gasteiger partial charge in [-0.3, -0.25) is 0 Å². The zero-order valence-electron chi connectivity index (χ0n) is 6.23. The van der Waals surface area contributed by atoms with E-state index < -0.39 is 18.2 Å². The molecular formula is C8H10O3. The van der Waals surface area contributed by atoms with Gasteiger partial charge >= 0.3 is 5.97 Å². The predicted molar refractivity (Wildman–Crippen MR) is 39.8 cm³/mol. The van der Waals surface area contributed by atoms with Gasteiger partial charge in [-0.25, -0.2) is 4.79 Å². The maximum atomic E-state index is 10.6. The van der Waals surface area contributed by atoms with Gasteiger partial charge in [-0.2, -0.15) is 0 Å². The highest BCUT2D eigenvalue weighted by molar-refractivity contribution is 5.83. The molecule has 3 heteroatoms. The minimum atomic E-state index is -0.705. The molecule has 1 aliphatic heterocycles. The van der Waals surface area contributed by atoms with E-state index in [1.807, 2.05) is 0 Å². The first-order valence-electron chi connectivity index (χ1n) is 3.43. The van der Waals surface area contributed by atoms with Gasteiger partial charge in [0.25, 0.3) is 0 Å². The topological polar surface area (TPSA) is 46.5 Å². The smallest absolute Gasteiger partial charge is 0.331 e. The van der Waals surface area contributed by atoms with Crippen LogP contribution in [0, 0.1) is 0 Å². The first-order valence-corrected chi connectivity index (χ1v) is 3.43. The van der Waals surface area contributed by atoms with E-state index in [1.165, 1.54) is 12.2 Å². The summed E-state index contributed by atoms with van der Waals surface area (Å²) >= 11 is 0. The number of hydrogen-bond donors (Lipinski definition) is 1. The average molecular weight is 154 g/mol. The van der Waals surface area contributed by atoms with Crippen molar-refractivity contribution in [2.45, 2.75) is 19.1 Å². The standard InChI is InChI=1S/C8H10O3/c1-2-3-7-6(9)4-5-8(10)11-7/h2-7,9H,1H3/t6-,7-/m0/s1. The number of ether oxygens (including phenoxy) is 1. The van der Waals surface area contributed by atoms with Crippen molar-refractivity contribution in [3.8, 4) is 0 Å². The molecule has 0 unspecified atom stereocenters. The van der Waals surface area contributed by atoms with Crippen LogP contribution in [0.4, 0.5) is 0 Å². The Balaban J connectivity index is 2.67. The summed E-state index contributed by atoms with van der Waals surface area (Å²) < 4.78 is 4.78. The van der Waals surface area contributed by atoms with Crippen LogP contribution in [0.15, 0.2) is 24.3 Å². The number of aliphatic hydroxyl groups excluding tert-OH is 1. The minimum Gasteiger partial charge on any atom is -0.452 e. The SMILES string of the molecule is CC=C[C@@H]1OC(=O)C=C[C@@H]1O. The van der Waals surface area contributed by atoms with E-state index in [4.69, 9.17) is 4.74 Å². The average Bonchev–Trinajstić information content (AvgIpc) is 1.98. The second-order valence-electron chi connectivity index (χ2n) is 2.28. The Morgan fingerprint density at radius 1 is 1.73 bits per heavy atom. The van der Waals surface area contributed by atoms with Gasteiger partial charge in [0.05, 0.1) is 0 Å². The molecule has 1 rings (SSSR count). The summed E-state index contributed by atoms with van der Waals surface area (Å²) in [5, 5.41) is 9.20. The molecule has 0 aromatic heterocycles. The highest BCUT2D eigenvalue weighted by Gasteiger charge is 2.21. The molecule has 2 atom stereocenters. The van der Waals surface area contributed by atoms with Crippen molar-refractivity contribution in [3.63, 3.8) is 0 Å². The second-order valence-corrected chi connectivity index (χ2v) is 2.28. The van der Waals surface area contributed by atoms with Crippen LogP contribution in [0.1, 0.15) is 6.92 Å². The van der Waals surface area contributed by atoms with E-state index in [-0.39, 0.29) is 0 Å². The van der Waals surface area contributed by atoms with E-state index >= 15 is 0 Å². The highest BCUT2D eigenvalue weighted by atomic mass is 16.6. The zero-order chi connectivity index (χ0) is 8.27. The number of aliphatic hydroxyl groups is 1. The predicted octanol–water partition coefficient (Wildman–Crippen LogP) is 0.405. The van der Waals surface area contributed by atoms with Gasteiger partial charge in [-0.15, -0.1) is 0 Å². The third-order valence-electron chi connectivity index (χ3n) is 1.40. The molecular weight excluding hydrogens is 144 g/mol. The number of hydrogen-bond acceptors (Lipinski definition) is 3. The molecule has 0 aromatic carbocycles. The van der Waals surface area contributed by atoms with Crippen LogP contribution in [0.2, 0.25) is 0 Å². The van der Waals surface area contributed by atoms with E-state index in [2.05, 4.69) is 0 Å². The molecule has 60 valence electrons.